The molecule has 0 radical (unpaired) electrons. The molecule has 1 fully saturated rings. The first kappa shape index (κ1) is 18.7. The Bertz CT molecular complexity index is 890. The number of aromatic nitrogens is 1. The maximum atomic E-state index is 12.8. The van der Waals surface area contributed by atoms with Gasteiger partial charge in [-0.2, -0.15) is 0 Å². The Morgan fingerprint density at radius 3 is 2.85 bits per heavy atom. The number of hydrogen-bond acceptors (Lipinski definition) is 7. The number of non-ortho nitro benzene ring substituents is 1. The first-order chi connectivity index (χ1) is 12.1. The minimum atomic E-state index is -1.38. The van der Waals surface area contributed by atoms with Gasteiger partial charge in [0.1, 0.15) is 5.60 Å². The van der Waals surface area contributed by atoms with Crippen molar-refractivity contribution in [1.82, 2.24) is 9.88 Å². The molecule has 2 aromatic rings. The predicted octanol–water partition coefficient (Wildman–Crippen LogP) is 3.32. The van der Waals surface area contributed by atoms with Gasteiger partial charge in [0.15, 0.2) is 4.34 Å². The highest BCUT2D eigenvalue weighted by atomic mass is 32.2. The Morgan fingerprint density at radius 2 is 2.19 bits per heavy atom. The van der Waals surface area contributed by atoms with Crippen molar-refractivity contribution in [2.45, 2.75) is 42.4 Å². The highest BCUT2D eigenvalue weighted by Gasteiger charge is 2.34. The number of likely N-dealkylation sites (tertiary alicyclic amines) is 1. The molecule has 2 heterocycles. The summed E-state index contributed by atoms with van der Waals surface area (Å²) in [4.78, 5) is 28.4. The second-order valence-electron chi connectivity index (χ2n) is 7.02. The van der Waals surface area contributed by atoms with E-state index < -0.39 is 27.4 Å². The van der Waals surface area contributed by atoms with E-state index in [1.807, 2.05) is 0 Å². The second-order valence-corrected chi connectivity index (χ2v) is 9.96. The molecule has 0 aliphatic carbocycles. The number of nitro groups is 1. The number of fused-ring (bicyclic) bond motifs is 1. The molecule has 1 aliphatic heterocycles. The molecule has 1 amide bonds. The second kappa shape index (κ2) is 6.92. The average molecular weight is 397 g/mol. The van der Waals surface area contributed by atoms with Gasteiger partial charge in [-0.15, -0.1) is 11.3 Å². The van der Waals surface area contributed by atoms with E-state index in [4.69, 9.17) is 4.74 Å². The van der Waals surface area contributed by atoms with Crippen LogP contribution in [-0.4, -0.2) is 49.0 Å². The van der Waals surface area contributed by atoms with Gasteiger partial charge in [-0.25, -0.2) is 9.78 Å². The molecule has 0 N–H and O–H groups in total. The normalized spacial score (nSPS) is 18.9. The number of carbonyl (C=O) groups excluding carboxylic acids is 1. The lowest BCUT2D eigenvalue weighted by atomic mass is 10.2. The molecule has 26 heavy (non-hydrogen) atoms. The minimum absolute atomic E-state index is 0.0444. The Morgan fingerprint density at radius 1 is 1.46 bits per heavy atom. The van der Waals surface area contributed by atoms with Crippen LogP contribution in [0.15, 0.2) is 22.5 Å². The predicted molar refractivity (Wildman–Crippen MR) is 98.9 cm³/mol. The average Bonchev–Trinajstić information content (AvgIpc) is 3.18. The molecule has 1 aliphatic rings. The van der Waals surface area contributed by atoms with E-state index >= 15 is 0 Å². The molecule has 3 rings (SSSR count). The summed E-state index contributed by atoms with van der Waals surface area (Å²) >= 11 is 1.26. The molecular formula is C16H19N3O5S2. The van der Waals surface area contributed by atoms with Gasteiger partial charge < -0.3 is 9.64 Å². The monoisotopic (exact) mass is 397 g/mol. The van der Waals surface area contributed by atoms with Crippen molar-refractivity contribution in [3.8, 4) is 0 Å². The summed E-state index contributed by atoms with van der Waals surface area (Å²) < 4.78 is 19.4. The maximum Gasteiger partial charge on any atom is 0.410 e. The van der Waals surface area contributed by atoms with Crippen LogP contribution in [0.5, 0.6) is 0 Å². The smallest absolute Gasteiger partial charge is 0.410 e. The van der Waals surface area contributed by atoms with Crippen LogP contribution in [0.25, 0.3) is 10.2 Å². The molecule has 1 aromatic heterocycles. The topological polar surface area (TPSA) is 103 Å². The zero-order valence-electron chi connectivity index (χ0n) is 14.6. The molecule has 8 nitrogen and oxygen atoms in total. The lowest BCUT2D eigenvalue weighted by Crippen LogP contribution is -2.36. The largest absolute Gasteiger partial charge is 0.444 e. The zero-order valence-corrected chi connectivity index (χ0v) is 16.3. The number of thiazole rings is 1. The lowest BCUT2D eigenvalue weighted by molar-refractivity contribution is -0.384. The summed E-state index contributed by atoms with van der Waals surface area (Å²) in [6.45, 7) is 6.24. The lowest BCUT2D eigenvalue weighted by Gasteiger charge is -2.24. The van der Waals surface area contributed by atoms with E-state index in [0.29, 0.717) is 29.4 Å². The van der Waals surface area contributed by atoms with E-state index in [2.05, 4.69) is 4.98 Å². The summed E-state index contributed by atoms with van der Waals surface area (Å²) in [5.41, 5.74) is -0.151. The summed E-state index contributed by atoms with van der Waals surface area (Å²) in [5, 5.41) is 10.6. The minimum Gasteiger partial charge on any atom is -0.444 e. The van der Waals surface area contributed by atoms with Gasteiger partial charge in [-0.1, -0.05) is 0 Å². The van der Waals surface area contributed by atoms with Crippen molar-refractivity contribution in [2.24, 2.45) is 0 Å². The first-order valence-corrected chi connectivity index (χ1v) is 10.1. The zero-order chi connectivity index (χ0) is 19.1. The number of ether oxygens (including phenoxy) is 1. The van der Waals surface area contributed by atoms with Gasteiger partial charge in [-0.3, -0.25) is 14.3 Å². The molecule has 0 spiro atoms. The number of amides is 1. The highest BCUT2D eigenvalue weighted by Crippen LogP contribution is 2.30. The SMILES string of the molecule is CC(C)(C)OC(=O)N1CC[C@H](S(=O)c2nc3cc([N+](=O)[O-])ccc3s2)C1. The van der Waals surface area contributed by atoms with Crippen LogP contribution in [0.1, 0.15) is 27.2 Å². The molecule has 140 valence electrons. The quantitative estimate of drug-likeness (QED) is 0.581. The number of nitrogens with zero attached hydrogens (tertiary/aromatic N) is 3. The number of carbonyl (C=O) groups is 1. The fourth-order valence-corrected chi connectivity index (χ4v) is 5.42. The van der Waals surface area contributed by atoms with Gasteiger partial charge in [-0.05, 0) is 33.3 Å². The third kappa shape index (κ3) is 4.01. The van der Waals surface area contributed by atoms with Crippen molar-refractivity contribution in [2.75, 3.05) is 13.1 Å². The van der Waals surface area contributed by atoms with E-state index in [-0.39, 0.29) is 10.9 Å². The van der Waals surface area contributed by atoms with E-state index in [1.165, 1.54) is 23.5 Å². The van der Waals surface area contributed by atoms with Crippen LogP contribution in [0.4, 0.5) is 10.5 Å². The Balaban J connectivity index is 1.73. The highest BCUT2D eigenvalue weighted by molar-refractivity contribution is 7.88. The number of nitro benzene ring substituents is 1. The van der Waals surface area contributed by atoms with E-state index in [1.54, 1.807) is 31.7 Å². The fraction of sp³-hybridized carbons (Fsp3) is 0.500. The maximum absolute atomic E-state index is 12.8. The van der Waals surface area contributed by atoms with Crippen LogP contribution in [0.3, 0.4) is 0 Å². The van der Waals surface area contributed by atoms with Crippen molar-refractivity contribution < 1.29 is 18.7 Å². The van der Waals surface area contributed by atoms with Crippen LogP contribution >= 0.6 is 11.3 Å². The molecule has 2 atom stereocenters. The molecule has 1 unspecified atom stereocenters. The van der Waals surface area contributed by atoms with Gasteiger partial charge in [0.05, 0.1) is 31.2 Å². The van der Waals surface area contributed by atoms with E-state index in [0.717, 1.165) is 4.70 Å². The van der Waals surface area contributed by atoms with Gasteiger partial charge in [0.25, 0.3) is 5.69 Å². The Hall–Kier alpha value is -2.07. The van der Waals surface area contributed by atoms with Gasteiger partial charge >= 0.3 is 6.09 Å². The standard InChI is InChI=1S/C16H19N3O5S2/c1-16(2,3)24-15(20)18-7-6-11(9-18)26(23)14-17-12-8-10(19(21)22)4-5-13(12)25-14/h4-5,8,11H,6-7,9H2,1-3H3/t11-,26?/m0/s1. The summed E-state index contributed by atoms with van der Waals surface area (Å²) in [6, 6.07) is 4.41. The van der Waals surface area contributed by atoms with Gasteiger partial charge in [0.2, 0.25) is 0 Å². The molecular weight excluding hydrogens is 378 g/mol. The van der Waals surface area contributed by atoms with Crippen molar-refractivity contribution in [3.63, 3.8) is 0 Å². The van der Waals surface area contributed by atoms with Crippen LogP contribution in [0.2, 0.25) is 0 Å². The summed E-state index contributed by atoms with van der Waals surface area (Å²) in [5.74, 6) is 0. The molecule has 0 bridgehead atoms. The summed E-state index contributed by atoms with van der Waals surface area (Å²) in [7, 11) is -1.38. The summed E-state index contributed by atoms with van der Waals surface area (Å²) in [6.07, 6.45) is 0.194. The van der Waals surface area contributed by atoms with Crippen molar-refractivity contribution >= 4 is 44.1 Å². The van der Waals surface area contributed by atoms with Crippen LogP contribution < -0.4 is 0 Å². The van der Waals surface area contributed by atoms with Gasteiger partial charge in [0, 0.05) is 25.2 Å². The molecule has 1 saturated heterocycles. The number of benzene rings is 1. The first-order valence-electron chi connectivity index (χ1n) is 8.07. The van der Waals surface area contributed by atoms with Crippen LogP contribution in [-0.2, 0) is 15.5 Å². The third-order valence-electron chi connectivity index (χ3n) is 3.83. The van der Waals surface area contributed by atoms with Crippen molar-refractivity contribution in [3.05, 3.63) is 28.3 Å². The number of rotatable bonds is 3. The van der Waals surface area contributed by atoms with Crippen LogP contribution in [0, 0.1) is 10.1 Å². The molecule has 0 saturated carbocycles. The Kier molecular flexibility index (Phi) is 4.98. The molecule has 1 aromatic carbocycles. The number of hydrogen-bond donors (Lipinski definition) is 0. The fourth-order valence-electron chi connectivity index (χ4n) is 2.63. The third-order valence-corrected chi connectivity index (χ3v) is 6.83. The van der Waals surface area contributed by atoms with E-state index in [9.17, 15) is 19.1 Å². The molecule has 10 heteroatoms. The van der Waals surface area contributed by atoms with Crippen molar-refractivity contribution in [1.29, 1.82) is 0 Å². The Labute approximate surface area is 156 Å².